The van der Waals surface area contributed by atoms with Crippen molar-refractivity contribution in [2.45, 2.75) is 0 Å². The predicted octanol–water partition coefficient (Wildman–Crippen LogP) is 4.59. The molecule has 158 valence electrons. The summed E-state index contributed by atoms with van der Waals surface area (Å²) in [5.41, 5.74) is 4.74. The van der Waals surface area contributed by atoms with Crippen molar-refractivity contribution in [2.75, 3.05) is 16.0 Å². The molecule has 4 N–H and O–H groups in total. The Morgan fingerprint density at radius 1 is 0.812 bits per heavy atom. The minimum Gasteiger partial charge on any atom is -0.356 e. The molecule has 4 aromatic rings. The van der Waals surface area contributed by atoms with Crippen LogP contribution < -0.4 is 16.0 Å². The summed E-state index contributed by atoms with van der Waals surface area (Å²) in [5.74, 6) is -0.559. The number of rotatable bonds is 7. The molecule has 32 heavy (non-hydrogen) atoms. The van der Waals surface area contributed by atoms with Crippen LogP contribution in [-0.4, -0.2) is 27.0 Å². The molecule has 0 saturated carbocycles. The van der Waals surface area contributed by atoms with Crippen molar-refractivity contribution in [1.29, 1.82) is 0 Å². The van der Waals surface area contributed by atoms with Crippen LogP contribution in [0.25, 0.3) is 11.4 Å². The van der Waals surface area contributed by atoms with Crippen molar-refractivity contribution in [3.05, 3.63) is 97.3 Å². The highest BCUT2D eigenvalue weighted by Crippen LogP contribution is 2.21. The van der Waals surface area contributed by atoms with E-state index >= 15 is 0 Å². The van der Waals surface area contributed by atoms with E-state index in [0.717, 1.165) is 17.1 Å². The van der Waals surface area contributed by atoms with E-state index in [9.17, 15) is 9.59 Å². The van der Waals surface area contributed by atoms with Gasteiger partial charge in [-0.2, -0.15) is 5.10 Å². The molecule has 0 aliphatic rings. The van der Waals surface area contributed by atoms with Crippen LogP contribution in [-0.2, 0) is 4.79 Å². The van der Waals surface area contributed by atoms with Gasteiger partial charge in [0.2, 0.25) is 5.91 Å². The summed E-state index contributed by atoms with van der Waals surface area (Å²) < 4.78 is 0. The van der Waals surface area contributed by atoms with E-state index in [1.165, 1.54) is 6.08 Å². The molecule has 0 atom stereocenters. The fourth-order valence-corrected chi connectivity index (χ4v) is 2.94. The first-order valence-corrected chi connectivity index (χ1v) is 9.79. The third-order valence-corrected chi connectivity index (χ3v) is 4.53. The average molecular weight is 424 g/mol. The highest BCUT2D eigenvalue weighted by Gasteiger charge is 2.10. The lowest BCUT2D eigenvalue weighted by Crippen LogP contribution is -2.13. The lowest BCUT2D eigenvalue weighted by molar-refractivity contribution is -0.111. The van der Waals surface area contributed by atoms with Gasteiger partial charge in [0, 0.05) is 28.9 Å². The molecule has 0 fully saturated rings. The second-order valence-corrected chi connectivity index (χ2v) is 6.81. The third-order valence-electron chi connectivity index (χ3n) is 4.53. The largest absolute Gasteiger partial charge is 0.356 e. The topological polar surface area (TPSA) is 112 Å². The van der Waals surface area contributed by atoms with E-state index < -0.39 is 0 Å². The monoisotopic (exact) mass is 424 g/mol. The number of nitrogens with zero attached hydrogens (tertiary/aromatic N) is 2. The van der Waals surface area contributed by atoms with E-state index in [4.69, 9.17) is 0 Å². The zero-order valence-corrected chi connectivity index (χ0v) is 17.0. The van der Waals surface area contributed by atoms with Gasteiger partial charge in [-0.05, 0) is 72.8 Å². The lowest BCUT2D eigenvalue weighted by atomic mass is 10.2. The van der Waals surface area contributed by atoms with Crippen LogP contribution in [0, 0.1) is 0 Å². The number of aromatic amines is 1. The van der Waals surface area contributed by atoms with E-state index in [-0.39, 0.29) is 11.8 Å². The Balaban J connectivity index is 1.38. The normalized spacial score (nSPS) is 10.2. The van der Waals surface area contributed by atoms with E-state index in [0.29, 0.717) is 22.8 Å². The van der Waals surface area contributed by atoms with Gasteiger partial charge in [-0.1, -0.05) is 12.6 Å². The summed E-state index contributed by atoms with van der Waals surface area (Å²) in [7, 11) is 0. The molecule has 4 rings (SSSR count). The SMILES string of the molecule is C=CC(=O)Nc1ccc(Nc2ccc(NC(=O)c3cccc(-c4ccn[nH]4)n3)cc2)cc1. The fourth-order valence-electron chi connectivity index (χ4n) is 2.94. The number of nitrogens with one attached hydrogen (secondary N) is 4. The molecule has 0 unspecified atom stereocenters. The number of aromatic nitrogens is 3. The maximum absolute atomic E-state index is 12.6. The fraction of sp³-hybridized carbons (Fsp3) is 0. The van der Waals surface area contributed by atoms with Crippen LogP contribution in [0.2, 0.25) is 0 Å². The lowest BCUT2D eigenvalue weighted by Gasteiger charge is -2.10. The number of anilines is 4. The second kappa shape index (κ2) is 9.40. The quantitative estimate of drug-likeness (QED) is 0.324. The highest BCUT2D eigenvalue weighted by molar-refractivity contribution is 6.03. The van der Waals surface area contributed by atoms with Gasteiger partial charge in [0.1, 0.15) is 5.69 Å². The van der Waals surface area contributed by atoms with Crippen molar-refractivity contribution in [2.24, 2.45) is 0 Å². The zero-order chi connectivity index (χ0) is 22.3. The Morgan fingerprint density at radius 2 is 1.44 bits per heavy atom. The molecule has 2 heterocycles. The molecule has 2 aromatic carbocycles. The van der Waals surface area contributed by atoms with Crippen LogP contribution in [0.3, 0.4) is 0 Å². The van der Waals surface area contributed by atoms with Crippen molar-refractivity contribution in [3.63, 3.8) is 0 Å². The molecule has 0 saturated heterocycles. The van der Waals surface area contributed by atoms with Crippen LogP contribution in [0.15, 0.2) is 91.6 Å². The first-order chi connectivity index (χ1) is 15.6. The van der Waals surface area contributed by atoms with Gasteiger partial charge < -0.3 is 16.0 Å². The van der Waals surface area contributed by atoms with Crippen LogP contribution in [0.5, 0.6) is 0 Å². The third kappa shape index (κ3) is 5.06. The van der Waals surface area contributed by atoms with E-state index in [1.54, 1.807) is 48.7 Å². The van der Waals surface area contributed by atoms with Gasteiger partial charge in [0.05, 0.1) is 11.4 Å². The molecule has 0 bridgehead atoms. The molecule has 0 radical (unpaired) electrons. The van der Waals surface area contributed by atoms with Gasteiger partial charge in [-0.15, -0.1) is 0 Å². The van der Waals surface area contributed by atoms with E-state index in [1.807, 2.05) is 30.3 Å². The molecule has 8 heteroatoms. The molecule has 0 aliphatic carbocycles. The van der Waals surface area contributed by atoms with Gasteiger partial charge in [-0.3, -0.25) is 14.7 Å². The maximum atomic E-state index is 12.6. The highest BCUT2D eigenvalue weighted by atomic mass is 16.2. The van der Waals surface area contributed by atoms with Gasteiger partial charge >= 0.3 is 0 Å². The second-order valence-electron chi connectivity index (χ2n) is 6.81. The molecular weight excluding hydrogens is 404 g/mol. The average Bonchev–Trinajstić information content (AvgIpc) is 3.37. The Kier molecular flexibility index (Phi) is 6.03. The minimum absolute atomic E-state index is 0.258. The Hall–Kier alpha value is -4.72. The Labute approximate surface area is 184 Å². The summed E-state index contributed by atoms with van der Waals surface area (Å²) >= 11 is 0. The molecule has 8 nitrogen and oxygen atoms in total. The molecule has 2 aromatic heterocycles. The summed E-state index contributed by atoms with van der Waals surface area (Å²) in [6, 6.07) is 21.7. The van der Waals surface area contributed by atoms with Gasteiger partial charge in [0.15, 0.2) is 0 Å². The molecule has 0 aliphatic heterocycles. The predicted molar refractivity (Wildman–Crippen MR) is 125 cm³/mol. The Bertz CT molecular complexity index is 1230. The number of carbonyl (C=O) groups is 2. The zero-order valence-electron chi connectivity index (χ0n) is 17.0. The summed E-state index contributed by atoms with van der Waals surface area (Å²) in [4.78, 5) is 28.3. The van der Waals surface area contributed by atoms with Crippen LogP contribution >= 0.6 is 0 Å². The summed E-state index contributed by atoms with van der Waals surface area (Å²) in [6.07, 6.45) is 2.85. The summed E-state index contributed by atoms with van der Waals surface area (Å²) in [5, 5.41) is 15.6. The number of benzene rings is 2. The van der Waals surface area contributed by atoms with Crippen molar-refractivity contribution in [1.82, 2.24) is 15.2 Å². The number of H-pyrrole nitrogens is 1. The summed E-state index contributed by atoms with van der Waals surface area (Å²) in [6.45, 7) is 3.43. The maximum Gasteiger partial charge on any atom is 0.274 e. The number of pyridine rings is 1. The van der Waals surface area contributed by atoms with Crippen LogP contribution in [0.1, 0.15) is 10.5 Å². The van der Waals surface area contributed by atoms with E-state index in [2.05, 4.69) is 37.7 Å². The number of amides is 2. The number of carbonyl (C=O) groups excluding carboxylic acids is 2. The first-order valence-electron chi connectivity index (χ1n) is 9.79. The van der Waals surface area contributed by atoms with Crippen LogP contribution in [0.4, 0.5) is 22.7 Å². The Morgan fingerprint density at radius 3 is 2.03 bits per heavy atom. The minimum atomic E-state index is -0.302. The molecular formula is C24H20N6O2. The number of hydrogen-bond acceptors (Lipinski definition) is 5. The van der Waals surface area contributed by atoms with Gasteiger partial charge in [-0.25, -0.2) is 4.98 Å². The molecule has 2 amide bonds. The number of hydrogen-bond donors (Lipinski definition) is 4. The smallest absolute Gasteiger partial charge is 0.274 e. The van der Waals surface area contributed by atoms with Crippen molar-refractivity contribution < 1.29 is 9.59 Å². The van der Waals surface area contributed by atoms with Gasteiger partial charge in [0.25, 0.3) is 5.91 Å². The van der Waals surface area contributed by atoms with Crippen molar-refractivity contribution >= 4 is 34.6 Å². The van der Waals surface area contributed by atoms with Crippen molar-refractivity contribution in [3.8, 4) is 11.4 Å². The first kappa shape index (κ1) is 20.5. The molecule has 0 spiro atoms. The standard InChI is InChI=1S/C24H20N6O2/c1-2-23(31)27-18-10-6-16(7-11-18)26-17-8-12-19(13-9-17)28-24(32)22-5-3-4-20(29-22)21-14-15-25-30-21/h2-15,26H,1H2,(H,25,30)(H,27,31)(H,28,32).